The molecule has 2 aromatic rings. The van der Waals surface area contributed by atoms with Gasteiger partial charge in [0.2, 0.25) is 0 Å². The molecule has 0 radical (unpaired) electrons. The van der Waals surface area contributed by atoms with Gasteiger partial charge in [0.15, 0.2) is 6.29 Å². The summed E-state index contributed by atoms with van der Waals surface area (Å²) in [5.74, 6) is -0.783. The summed E-state index contributed by atoms with van der Waals surface area (Å²) in [6.45, 7) is 3.62. The Balaban J connectivity index is 1.13. The third-order valence-electron chi connectivity index (χ3n) is 8.82. The Morgan fingerprint density at radius 2 is 1.48 bits per heavy atom. The van der Waals surface area contributed by atoms with Crippen LogP contribution in [0.15, 0.2) is 41.4 Å². The number of aliphatic imine (C=N–C) groups is 1. The van der Waals surface area contributed by atoms with Crippen molar-refractivity contribution < 1.29 is 31.8 Å². The van der Waals surface area contributed by atoms with Gasteiger partial charge in [0, 0.05) is 23.5 Å². The van der Waals surface area contributed by atoms with E-state index in [-0.39, 0.29) is 28.9 Å². The van der Waals surface area contributed by atoms with Crippen LogP contribution in [0.25, 0.3) is 11.1 Å². The van der Waals surface area contributed by atoms with E-state index in [0.29, 0.717) is 36.5 Å². The van der Waals surface area contributed by atoms with Gasteiger partial charge in [-0.1, -0.05) is 13.0 Å². The summed E-state index contributed by atoms with van der Waals surface area (Å²) >= 11 is 4.48. The predicted octanol–water partition coefficient (Wildman–Crippen LogP) is 8.96. The SMILES string of the molecule is CC1COC(C2CCC(C3CCC(C(F)(F)Oc4ccc(-c5ccc(N=C=S)c(F)c5)c(F)c4)CC3)CC2)OC1. The second-order valence-corrected chi connectivity index (χ2v) is 11.8. The second kappa shape index (κ2) is 12.7. The van der Waals surface area contributed by atoms with Crippen molar-refractivity contribution in [3.05, 3.63) is 48.0 Å². The van der Waals surface area contributed by atoms with Crippen LogP contribution in [0.1, 0.15) is 58.3 Å². The average molecular weight is 578 g/mol. The van der Waals surface area contributed by atoms with Crippen LogP contribution in [-0.2, 0) is 9.47 Å². The van der Waals surface area contributed by atoms with Crippen molar-refractivity contribution in [2.24, 2.45) is 34.6 Å². The molecule has 9 heteroatoms. The third kappa shape index (κ3) is 6.76. The fourth-order valence-corrected chi connectivity index (χ4v) is 6.65. The molecule has 216 valence electrons. The van der Waals surface area contributed by atoms with Crippen LogP contribution in [0, 0.1) is 41.2 Å². The Hall–Kier alpha value is -2.32. The van der Waals surface area contributed by atoms with Gasteiger partial charge in [-0.15, -0.1) is 0 Å². The van der Waals surface area contributed by atoms with Gasteiger partial charge in [-0.2, -0.15) is 13.8 Å². The lowest BCUT2D eigenvalue weighted by atomic mass is 9.69. The number of rotatable bonds is 7. The molecule has 4 nitrogen and oxygen atoms in total. The smallest absolute Gasteiger partial charge is 0.400 e. The average Bonchev–Trinajstić information content (AvgIpc) is 2.95. The van der Waals surface area contributed by atoms with E-state index in [0.717, 1.165) is 63.9 Å². The maximum absolute atomic E-state index is 15.1. The highest BCUT2D eigenvalue weighted by molar-refractivity contribution is 7.78. The fraction of sp³-hybridized carbons (Fsp3) is 0.581. The molecule has 0 bridgehead atoms. The Labute approximate surface area is 238 Å². The summed E-state index contributed by atoms with van der Waals surface area (Å²) in [5, 5.41) is 2.08. The van der Waals surface area contributed by atoms with Gasteiger partial charge in [-0.25, -0.2) is 8.78 Å². The van der Waals surface area contributed by atoms with Crippen molar-refractivity contribution in [1.82, 2.24) is 0 Å². The normalized spacial score (nSPS) is 29.4. The molecule has 5 rings (SSSR count). The molecule has 0 atom stereocenters. The summed E-state index contributed by atoms with van der Waals surface area (Å²) < 4.78 is 76.1. The summed E-state index contributed by atoms with van der Waals surface area (Å²) in [6.07, 6.45) is 3.03. The zero-order valence-corrected chi connectivity index (χ0v) is 23.4. The van der Waals surface area contributed by atoms with Crippen LogP contribution in [-0.4, -0.2) is 30.8 Å². The first kappa shape index (κ1) is 29.2. The van der Waals surface area contributed by atoms with Crippen molar-refractivity contribution in [3.8, 4) is 16.9 Å². The standard InChI is InChI=1S/C31H35F4NO3S/c1-19-16-37-30(38-17-19)22-4-2-20(3-5-22)21-6-9-24(10-7-21)31(34,35)39-25-11-12-26(27(32)15-25)23-8-13-29(36-18-40)28(33)14-23/h8,11-15,19-22,24,30H,2-7,9-10,16-17H2,1H3. The molecule has 0 unspecified atom stereocenters. The molecule has 1 heterocycles. The first-order valence-corrected chi connectivity index (χ1v) is 14.6. The summed E-state index contributed by atoms with van der Waals surface area (Å²) in [7, 11) is 0. The third-order valence-corrected chi connectivity index (χ3v) is 8.92. The highest BCUT2D eigenvalue weighted by Gasteiger charge is 2.45. The maximum atomic E-state index is 15.1. The lowest BCUT2D eigenvalue weighted by Crippen LogP contribution is -2.40. The van der Waals surface area contributed by atoms with Crippen molar-refractivity contribution in [1.29, 1.82) is 0 Å². The molecule has 0 amide bonds. The van der Waals surface area contributed by atoms with Gasteiger partial charge in [0.25, 0.3) is 0 Å². The quantitative estimate of drug-likeness (QED) is 0.187. The molecule has 2 aliphatic carbocycles. The maximum Gasteiger partial charge on any atom is 0.400 e. The van der Waals surface area contributed by atoms with E-state index in [1.165, 1.54) is 24.3 Å². The van der Waals surface area contributed by atoms with Gasteiger partial charge >= 0.3 is 6.11 Å². The minimum absolute atomic E-state index is 0.0144. The van der Waals surface area contributed by atoms with Crippen molar-refractivity contribution >= 4 is 23.1 Å². The first-order chi connectivity index (χ1) is 19.2. The summed E-state index contributed by atoms with van der Waals surface area (Å²) in [4.78, 5) is 3.60. The lowest BCUT2D eigenvalue weighted by Gasteiger charge is -2.41. The zero-order chi connectivity index (χ0) is 28.3. The van der Waals surface area contributed by atoms with Gasteiger partial charge in [-0.05, 0) is 105 Å². The molecule has 0 spiro atoms. The van der Waals surface area contributed by atoms with E-state index in [9.17, 15) is 8.78 Å². The Kier molecular flexibility index (Phi) is 9.25. The van der Waals surface area contributed by atoms with Crippen LogP contribution in [0.2, 0.25) is 0 Å². The number of isothiocyanates is 1. The molecule has 3 aliphatic rings. The molecule has 2 aromatic carbocycles. The fourth-order valence-electron chi connectivity index (χ4n) is 6.55. The molecule has 40 heavy (non-hydrogen) atoms. The van der Waals surface area contributed by atoms with E-state index in [2.05, 4.69) is 29.3 Å². The Morgan fingerprint density at radius 3 is 2.08 bits per heavy atom. The highest BCUT2D eigenvalue weighted by atomic mass is 32.1. The molecule has 2 saturated carbocycles. The Morgan fingerprint density at radius 1 is 0.850 bits per heavy atom. The first-order valence-electron chi connectivity index (χ1n) is 14.2. The second-order valence-electron chi connectivity index (χ2n) is 11.6. The molecule has 0 N–H and O–H groups in total. The lowest BCUT2D eigenvalue weighted by molar-refractivity contribution is -0.229. The van der Waals surface area contributed by atoms with Crippen LogP contribution in [0.5, 0.6) is 5.75 Å². The van der Waals surface area contributed by atoms with Gasteiger partial charge in [0.05, 0.1) is 24.3 Å². The van der Waals surface area contributed by atoms with Crippen LogP contribution in [0.3, 0.4) is 0 Å². The minimum Gasteiger partial charge on any atom is -0.432 e. The molecule has 1 saturated heterocycles. The molecular weight excluding hydrogens is 542 g/mol. The molecule has 3 fully saturated rings. The topological polar surface area (TPSA) is 40.0 Å². The van der Waals surface area contributed by atoms with Gasteiger partial charge in [-0.3, -0.25) is 0 Å². The monoisotopic (exact) mass is 577 g/mol. The molecular formula is C31H35F4NO3S. The number of alkyl halides is 2. The number of nitrogens with zero attached hydrogens (tertiary/aromatic N) is 1. The molecule has 1 aliphatic heterocycles. The van der Waals surface area contributed by atoms with Crippen LogP contribution >= 0.6 is 12.2 Å². The number of benzene rings is 2. The largest absolute Gasteiger partial charge is 0.432 e. The summed E-state index contributed by atoms with van der Waals surface area (Å²) in [6, 6.07) is 7.47. The van der Waals surface area contributed by atoms with Crippen molar-refractivity contribution in [2.45, 2.75) is 70.7 Å². The number of hydrogen-bond acceptors (Lipinski definition) is 5. The van der Waals surface area contributed by atoms with Crippen molar-refractivity contribution in [3.63, 3.8) is 0 Å². The number of halogens is 4. The van der Waals surface area contributed by atoms with E-state index in [1.807, 2.05) is 0 Å². The minimum atomic E-state index is -3.41. The van der Waals surface area contributed by atoms with E-state index in [4.69, 9.17) is 14.2 Å². The van der Waals surface area contributed by atoms with Gasteiger partial charge < -0.3 is 14.2 Å². The Bertz CT molecular complexity index is 1210. The predicted molar refractivity (Wildman–Crippen MR) is 148 cm³/mol. The number of ether oxygens (including phenoxy) is 3. The zero-order valence-electron chi connectivity index (χ0n) is 22.6. The van der Waals surface area contributed by atoms with Crippen LogP contribution < -0.4 is 4.74 Å². The van der Waals surface area contributed by atoms with Crippen molar-refractivity contribution in [2.75, 3.05) is 13.2 Å². The van der Waals surface area contributed by atoms with E-state index >= 15 is 8.78 Å². The van der Waals surface area contributed by atoms with E-state index in [1.54, 1.807) is 0 Å². The van der Waals surface area contributed by atoms with Crippen LogP contribution in [0.4, 0.5) is 23.2 Å². The van der Waals surface area contributed by atoms with Gasteiger partial charge in [0.1, 0.15) is 23.1 Å². The van der Waals surface area contributed by atoms with E-state index < -0.39 is 23.7 Å². The summed E-state index contributed by atoms with van der Waals surface area (Å²) in [5.41, 5.74) is 0.302. The molecule has 0 aromatic heterocycles. The highest BCUT2D eigenvalue weighted by Crippen LogP contribution is 2.46. The number of hydrogen-bond donors (Lipinski definition) is 0. The number of thiocarbonyl (C=S) groups is 1.